The molecule has 2 aromatic rings. The number of alkyl halides is 2. The van der Waals surface area contributed by atoms with Gasteiger partial charge in [-0.3, -0.25) is 9.36 Å². The number of nitrogen functional groups attached to an aromatic ring is 1. The van der Waals surface area contributed by atoms with Crippen LogP contribution < -0.4 is 21.0 Å². The number of carbonyl (C=O) groups is 1. The summed E-state index contributed by atoms with van der Waals surface area (Å²) in [4.78, 5) is 27.7. The van der Waals surface area contributed by atoms with Crippen molar-refractivity contribution < 1.29 is 32.1 Å². The molecule has 34 heavy (non-hydrogen) atoms. The third-order valence-corrected chi connectivity index (χ3v) is 6.50. The number of nitrogens with two attached hydrogens (primary N) is 1. The zero-order chi connectivity index (χ0) is 24.5. The van der Waals surface area contributed by atoms with E-state index < -0.39 is 56.5 Å². The number of cyclic esters (lactones) is 1. The molecule has 4 unspecified atom stereocenters. The Hall–Kier alpha value is -2.66. The second kappa shape index (κ2) is 9.53. The number of nitrogens with zero attached hydrogens (tertiary/aromatic N) is 2. The van der Waals surface area contributed by atoms with Crippen molar-refractivity contribution in [3.05, 3.63) is 53.1 Å². The van der Waals surface area contributed by atoms with E-state index in [1.54, 1.807) is 38.1 Å². The van der Waals surface area contributed by atoms with Crippen LogP contribution in [0.2, 0.25) is 0 Å². The number of aromatic nitrogens is 2. The van der Waals surface area contributed by atoms with Gasteiger partial charge in [-0.15, -0.1) is 0 Å². The maximum absolute atomic E-state index is 14.7. The standard InChI is InChI=1S/C21H25F2N4O6P/c1-20(2)11-15(17(28)32-20)26-34(33-13-6-4-3-5-7-13)30-12-14-10-21(22,23)18(31-14)27-9-8-16(24)25-19(27)29/h3-9,14-15,18,26H,10-12H2,1-2H3,(H2,24,25,29). The van der Waals surface area contributed by atoms with Gasteiger partial charge in [0.05, 0.1) is 12.7 Å². The highest BCUT2D eigenvalue weighted by Gasteiger charge is 2.52. The largest absolute Gasteiger partial charge is 0.458 e. The van der Waals surface area contributed by atoms with Gasteiger partial charge < -0.3 is 24.3 Å². The highest BCUT2D eigenvalue weighted by atomic mass is 31.2. The predicted molar refractivity (Wildman–Crippen MR) is 118 cm³/mol. The fourth-order valence-corrected chi connectivity index (χ4v) is 4.96. The molecule has 4 atom stereocenters. The number of anilines is 1. The normalized spacial score (nSPS) is 26.2. The highest BCUT2D eigenvalue weighted by Crippen LogP contribution is 2.44. The molecular formula is C21H25F2N4O6P. The van der Waals surface area contributed by atoms with Crippen LogP contribution in [0, 0.1) is 0 Å². The summed E-state index contributed by atoms with van der Waals surface area (Å²) in [6, 6.07) is 9.30. The Kier molecular flexibility index (Phi) is 6.86. The van der Waals surface area contributed by atoms with Crippen molar-refractivity contribution in [2.75, 3.05) is 12.3 Å². The molecule has 2 fully saturated rings. The lowest BCUT2D eigenvalue weighted by molar-refractivity contribution is -0.147. The Morgan fingerprint density at radius 2 is 1.97 bits per heavy atom. The lowest BCUT2D eigenvalue weighted by atomic mass is 10.0. The van der Waals surface area contributed by atoms with E-state index in [0.29, 0.717) is 16.7 Å². The van der Waals surface area contributed by atoms with E-state index in [1.807, 2.05) is 6.07 Å². The molecule has 0 spiro atoms. The molecule has 2 aliphatic heterocycles. The van der Waals surface area contributed by atoms with Crippen molar-refractivity contribution in [1.82, 2.24) is 14.6 Å². The van der Waals surface area contributed by atoms with Crippen LogP contribution in [-0.2, 0) is 18.8 Å². The van der Waals surface area contributed by atoms with Gasteiger partial charge in [0.1, 0.15) is 23.2 Å². The highest BCUT2D eigenvalue weighted by molar-refractivity contribution is 7.45. The van der Waals surface area contributed by atoms with Gasteiger partial charge >= 0.3 is 20.2 Å². The predicted octanol–water partition coefficient (Wildman–Crippen LogP) is 2.75. The molecule has 10 nitrogen and oxygen atoms in total. The van der Waals surface area contributed by atoms with Gasteiger partial charge in [0.2, 0.25) is 6.23 Å². The van der Waals surface area contributed by atoms with Crippen LogP contribution in [0.5, 0.6) is 5.75 Å². The molecule has 2 saturated heterocycles. The summed E-state index contributed by atoms with van der Waals surface area (Å²) in [6.07, 6.45) is -2.06. The van der Waals surface area contributed by atoms with Crippen LogP contribution in [0.25, 0.3) is 0 Å². The van der Waals surface area contributed by atoms with Crippen LogP contribution >= 0.6 is 8.53 Å². The Morgan fingerprint density at radius 1 is 1.24 bits per heavy atom. The van der Waals surface area contributed by atoms with Crippen molar-refractivity contribution in [3.8, 4) is 5.75 Å². The molecule has 3 heterocycles. The Bertz CT molecular complexity index is 1090. The smallest absolute Gasteiger partial charge is 0.351 e. The summed E-state index contributed by atoms with van der Waals surface area (Å²) in [7, 11) is -1.92. The third-order valence-electron chi connectivity index (χ3n) is 5.21. The number of ether oxygens (including phenoxy) is 2. The van der Waals surface area contributed by atoms with E-state index in [9.17, 15) is 18.4 Å². The number of rotatable bonds is 8. The van der Waals surface area contributed by atoms with Crippen molar-refractivity contribution in [3.63, 3.8) is 0 Å². The zero-order valence-corrected chi connectivity index (χ0v) is 19.4. The molecule has 0 amide bonds. The van der Waals surface area contributed by atoms with Gasteiger partial charge in [0.15, 0.2) is 0 Å². The minimum absolute atomic E-state index is 0.0779. The number of benzene rings is 1. The lowest BCUT2D eigenvalue weighted by Gasteiger charge is -2.22. The molecule has 0 bridgehead atoms. The average molecular weight is 498 g/mol. The first kappa shape index (κ1) is 24.5. The number of para-hydroxylation sites is 1. The quantitative estimate of drug-likeness (QED) is 0.417. The van der Waals surface area contributed by atoms with Gasteiger partial charge in [0.25, 0.3) is 5.92 Å². The Morgan fingerprint density at radius 3 is 2.62 bits per heavy atom. The van der Waals surface area contributed by atoms with Crippen LogP contribution in [0.15, 0.2) is 47.4 Å². The molecular weight excluding hydrogens is 473 g/mol. The van der Waals surface area contributed by atoms with Gasteiger partial charge in [-0.25, -0.2) is 18.7 Å². The summed E-state index contributed by atoms with van der Waals surface area (Å²) in [5, 5.41) is 3.00. The van der Waals surface area contributed by atoms with Gasteiger partial charge in [-0.05, 0) is 32.0 Å². The molecule has 0 saturated carbocycles. The fraction of sp³-hybridized carbons (Fsp3) is 0.476. The molecule has 4 rings (SSSR count). The van der Waals surface area contributed by atoms with Crippen molar-refractivity contribution in [2.45, 2.75) is 56.6 Å². The van der Waals surface area contributed by atoms with E-state index in [-0.39, 0.29) is 12.4 Å². The van der Waals surface area contributed by atoms with Crippen LogP contribution in [0.4, 0.5) is 14.6 Å². The SMILES string of the molecule is CC1(C)CC(NP(OCC2CC(F)(F)C(n3ccc(N)nc3=O)O2)Oc2ccccc2)C(=O)O1. The molecule has 13 heteroatoms. The van der Waals surface area contributed by atoms with Crippen molar-refractivity contribution in [2.24, 2.45) is 0 Å². The monoisotopic (exact) mass is 498 g/mol. The molecule has 0 radical (unpaired) electrons. The summed E-state index contributed by atoms with van der Waals surface area (Å²) in [6.45, 7) is 3.31. The Labute approximate surface area is 195 Å². The van der Waals surface area contributed by atoms with Crippen LogP contribution in [0.3, 0.4) is 0 Å². The molecule has 1 aromatic heterocycles. The topological polar surface area (TPSA) is 127 Å². The van der Waals surface area contributed by atoms with Crippen molar-refractivity contribution in [1.29, 1.82) is 0 Å². The minimum Gasteiger partial charge on any atom is -0.458 e. The van der Waals surface area contributed by atoms with Gasteiger partial charge in [-0.1, -0.05) is 18.2 Å². The molecule has 0 aliphatic carbocycles. The van der Waals surface area contributed by atoms with E-state index in [2.05, 4.69) is 10.1 Å². The molecule has 1 aromatic carbocycles. The van der Waals surface area contributed by atoms with Crippen LogP contribution in [-0.4, -0.2) is 45.8 Å². The second-order valence-electron chi connectivity index (χ2n) is 8.64. The second-order valence-corrected chi connectivity index (χ2v) is 9.85. The summed E-state index contributed by atoms with van der Waals surface area (Å²) >= 11 is 0. The lowest BCUT2D eigenvalue weighted by Crippen LogP contribution is -2.35. The van der Waals surface area contributed by atoms with Gasteiger partial charge in [0, 0.05) is 19.0 Å². The maximum atomic E-state index is 14.7. The zero-order valence-electron chi connectivity index (χ0n) is 18.5. The first-order valence-corrected chi connectivity index (χ1v) is 11.7. The van der Waals surface area contributed by atoms with E-state index in [1.165, 1.54) is 6.07 Å². The van der Waals surface area contributed by atoms with Gasteiger partial charge in [-0.2, -0.15) is 4.98 Å². The van der Waals surface area contributed by atoms with Crippen LogP contribution in [0.1, 0.15) is 32.9 Å². The summed E-state index contributed by atoms with van der Waals surface area (Å²) in [5.74, 6) is -3.39. The molecule has 3 N–H and O–H groups in total. The number of hydrogen-bond donors (Lipinski definition) is 2. The summed E-state index contributed by atoms with van der Waals surface area (Å²) in [5.41, 5.74) is 3.85. The van der Waals surface area contributed by atoms with E-state index >= 15 is 0 Å². The molecule has 184 valence electrons. The number of esters is 1. The fourth-order valence-electron chi connectivity index (χ4n) is 3.71. The number of hydrogen-bond acceptors (Lipinski definition) is 9. The maximum Gasteiger partial charge on any atom is 0.351 e. The first-order valence-electron chi connectivity index (χ1n) is 10.6. The minimum atomic E-state index is -3.34. The molecule has 2 aliphatic rings. The van der Waals surface area contributed by atoms with Crippen molar-refractivity contribution >= 4 is 20.3 Å². The third kappa shape index (κ3) is 5.69. The Balaban J connectivity index is 1.44. The number of carbonyl (C=O) groups excluding carboxylic acids is 1. The van der Waals surface area contributed by atoms with E-state index in [0.717, 1.165) is 6.20 Å². The van der Waals surface area contributed by atoms with E-state index in [4.69, 9.17) is 24.3 Å². The average Bonchev–Trinajstić information content (AvgIpc) is 3.19. The first-order chi connectivity index (χ1) is 16.0. The number of nitrogens with one attached hydrogen (secondary N) is 1. The number of halogens is 2. The summed E-state index contributed by atoms with van der Waals surface area (Å²) < 4.78 is 52.4.